The van der Waals surface area contributed by atoms with Gasteiger partial charge in [-0.05, 0) is 23.7 Å². The van der Waals surface area contributed by atoms with Crippen LogP contribution in [0.5, 0.6) is 5.88 Å². The van der Waals surface area contributed by atoms with E-state index in [0.717, 1.165) is 0 Å². The smallest absolute Gasteiger partial charge is 0.257 e. The number of aromatic nitrogens is 1. The van der Waals surface area contributed by atoms with Crippen molar-refractivity contribution in [3.05, 3.63) is 23.9 Å². The zero-order valence-corrected chi connectivity index (χ0v) is 6.63. The van der Waals surface area contributed by atoms with Crippen molar-refractivity contribution in [2.24, 2.45) is 0 Å². The van der Waals surface area contributed by atoms with E-state index in [-0.39, 0.29) is 11.4 Å². The third-order valence-corrected chi connectivity index (χ3v) is 1.38. The van der Waals surface area contributed by atoms with Gasteiger partial charge in [0.1, 0.15) is 0 Å². The maximum atomic E-state index is 10.7. The summed E-state index contributed by atoms with van der Waals surface area (Å²) in [5.41, 5.74) is 0.289. The summed E-state index contributed by atoms with van der Waals surface area (Å²) in [5.74, 6) is 0.257. The Labute approximate surface area is 69.0 Å². The van der Waals surface area contributed by atoms with Gasteiger partial charge >= 0.3 is 0 Å². The number of halogens is 1. The van der Waals surface area contributed by atoms with Crippen LogP contribution in [0.2, 0.25) is 0 Å². The highest BCUT2D eigenvalue weighted by Crippen LogP contribution is 2.15. The van der Waals surface area contributed by atoms with Crippen molar-refractivity contribution in [3.8, 4) is 5.88 Å². The van der Waals surface area contributed by atoms with Crippen molar-refractivity contribution >= 4 is 16.8 Å². The Morgan fingerprint density at radius 1 is 1.73 bits per heavy atom. The molecule has 1 aromatic rings. The molecule has 0 saturated carbocycles. The molecule has 0 radical (unpaired) electrons. The predicted molar refractivity (Wildman–Crippen MR) is 41.0 cm³/mol. The van der Waals surface area contributed by atoms with Gasteiger partial charge < -0.3 is 4.74 Å². The second kappa shape index (κ2) is 3.34. The highest BCUT2D eigenvalue weighted by Gasteiger charge is 2.08. The minimum atomic E-state index is -0.560. The molecule has 1 aromatic heterocycles. The summed E-state index contributed by atoms with van der Waals surface area (Å²) in [7, 11) is 1.44. The van der Waals surface area contributed by atoms with Crippen molar-refractivity contribution in [1.82, 2.24) is 4.98 Å². The average molecular weight is 172 g/mol. The molecule has 0 unspecified atom stereocenters. The molecule has 0 spiro atoms. The number of hydrogen-bond acceptors (Lipinski definition) is 3. The molecule has 0 atom stereocenters. The number of hydrogen-bond donors (Lipinski definition) is 0. The lowest BCUT2D eigenvalue weighted by Gasteiger charge is -2.00. The fraction of sp³-hybridized carbons (Fsp3) is 0.143. The number of nitrogens with zero attached hydrogens (tertiary/aromatic N) is 1. The van der Waals surface area contributed by atoms with E-state index in [1.807, 2.05) is 0 Å². The van der Waals surface area contributed by atoms with Crippen LogP contribution in [0, 0.1) is 0 Å². The molecular weight excluding hydrogens is 166 g/mol. The first-order chi connectivity index (χ1) is 5.25. The number of rotatable bonds is 2. The van der Waals surface area contributed by atoms with Gasteiger partial charge in [-0.2, -0.15) is 0 Å². The van der Waals surface area contributed by atoms with Gasteiger partial charge in [0.2, 0.25) is 5.88 Å². The van der Waals surface area contributed by atoms with Gasteiger partial charge in [-0.1, -0.05) is 0 Å². The van der Waals surface area contributed by atoms with Crippen LogP contribution < -0.4 is 4.74 Å². The van der Waals surface area contributed by atoms with E-state index in [9.17, 15) is 4.79 Å². The van der Waals surface area contributed by atoms with Gasteiger partial charge in [-0.25, -0.2) is 4.98 Å². The highest BCUT2D eigenvalue weighted by molar-refractivity contribution is 6.68. The van der Waals surface area contributed by atoms with Gasteiger partial charge in [-0.3, -0.25) is 4.79 Å². The molecule has 58 valence electrons. The summed E-state index contributed by atoms with van der Waals surface area (Å²) in [6, 6.07) is 3.18. The molecule has 0 fully saturated rings. The second-order valence-corrected chi connectivity index (χ2v) is 2.18. The van der Waals surface area contributed by atoms with Gasteiger partial charge in [0.25, 0.3) is 5.24 Å². The lowest BCUT2D eigenvalue weighted by atomic mass is 10.3. The number of pyridine rings is 1. The Balaban J connectivity index is 3.12. The summed E-state index contributed by atoms with van der Waals surface area (Å²) in [6.45, 7) is 0. The monoisotopic (exact) mass is 171 g/mol. The summed E-state index contributed by atoms with van der Waals surface area (Å²) >= 11 is 5.23. The van der Waals surface area contributed by atoms with E-state index in [2.05, 4.69) is 4.98 Å². The number of methoxy groups -OCH3 is 1. The van der Waals surface area contributed by atoms with Crippen molar-refractivity contribution < 1.29 is 9.53 Å². The minimum absolute atomic E-state index is 0.257. The van der Waals surface area contributed by atoms with Crippen LogP contribution in [-0.2, 0) is 0 Å². The molecule has 0 aliphatic rings. The van der Waals surface area contributed by atoms with Gasteiger partial charge in [0, 0.05) is 6.20 Å². The van der Waals surface area contributed by atoms with Crippen LogP contribution in [0.1, 0.15) is 10.4 Å². The highest BCUT2D eigenvalue weighted by atomic mass is 35.5. The lowest BCUT2D eigenvalue weighted by molar-refractivity contribution is 0.107. The first-order valence-electron chi connectivity index (χ1n) is 2.94. The molecule has 1 rings (SSSR count). The number of carbonyl (C=O) groups is 1. The molecule has 0 aliphatic heterocycles. The third-order valence-electron chi connectivity index (χ3n) is 1.18. The Kier molecular flexibility index (Phi) is 2.44. The fourth-order valence-electron chi connectivity index (χ4n) is 0.703. The zero-order valence-electron chi connectivity index (χ0n) is 5.87. The van der Waals surface area contributed by atoms with Crippen LogP contribution in [-0.4, -0.2) is 17.3 Å². The van der Waals surface area contributed by atoms with Gasteiger partial charge in [0.15, 0.2) is 0 Å². The van der Waals surface area contributed by atoms with Crippen LogP contribution in [0.3, 0.4) is 0 Å². The largest absolute Gasteiger partial charge is 0.480 e. The maximum Gasteiger partial charge on any atom is 0.257 e. The summed E-state index contributed by atoms with van der Waals surface area (Å²) < 4.78 is 4.79. The molecule has 0 aromatic carbocycles. The normalized spacial score (nSPS) is 9.27. The first kappa shape index (κ1) is 8.01. The molecule has 3 nitrogen and oxygen atoms in total. The molecule has 0 saturated heterocycles. The molecule has 0 amide bonds. The molecule has 11 heavy (non-hydrogen) atoms. The molecule has 0 aliphatic carbocycles. The van der Waals surface area contributed by atoms with Crippen LogP contribution in [0.15, 0.2) is 18.3 Å². The van der Waals surface area contributed by atoms with E-state index in [0.29, 0.717) is 0 Å². The summed E-state index contributed by atoms with van der Waals surface area (Å²) in [6.07, 6.45) is 1.53. The topological polar surface area (TPSA) is 39.2 Å². The molecular formula is C7H6ClNO2. The van der Waals surface area contributed by atoms with E-state index >= 15 is 0 Å². The maximum absolute atomic E-state index is 10.7. The van der Waals surface area contributed by atoms with Crippen LogP contribution >= 0.6 is 11.6 Å². The lowest BCUT2D eigenvalue weighted by Crippen LogP contribution is -1.96. The van der Waals surface area contributed by atoms with Gasteiger partial charge in [0.05, 0.1) is 12.7 Å². The quantitative estimate of drug-likeness (QED) is 0.633. The third kappa shape index (κ3) is 1.68. The summed E-state index contributed by atoms with van der Waals surface area (Å²) in [4.78, 5) is 14.5. The SMILES string of the molecule is COc1ncccc1C(=O)Cl. The van der Waals surface area contributed by atoms with Crippen LogP contribution in [0.25, 0.3) is 0 Å². The Hall–Kier alpha value is -1.09. The molecule has 4 heteroatoms. The van der Waals surface area contributed by atoms with Crippen molar-refractivity contribution in [3.63, 3.8) is 0 Å². The second-order valence-electron chi connectivity index (χ2n) is 1.83. The molecule has 1 heterocycles. The van der Waals surface area contributed by atoms with E-state index in [4.69, 9.17) is 16.3 Å². The average Bonchev–Trinajstić information content (AvgIpc) is 2.04. The Bertz CT molecular complexity index is 275. The predicted octanol–water partition coefficient (Wildman–Crippen LogP) is 1.47. The van der Waals surface area contributed by atoms with Crippen molar-refractivity contribution in [2.75, 3.05) is 7.11 Å². The summed E-state index contributed by atoms with van der Waals surface area (Å²) in [5, 5.41) is -0.560. The van der Waals surface area contributed by atoms with Crippen molar-refractivity contribution in [2.45, 2.75) is 0 Å². The Morgan fingerprint density at radius 3 is 2.91 bits per heavy atom. The standard InChI is InChI=1S/C7H6ClNO2/c1-11-7-5(6(8)10)3-2-4-9-7/h2-4H,1H3. The first-order valence-corrected chi connectivity index (χ1v) is 3.32. The van der Waals surface area contributed by atoms with E-state index < -0.39 is 5.24 Å². The molecule has 0 bridgehead atoms. The van der Waals surface area contributed by atoms with Crippen LogP contribution in [0.4, 0.5) is 0 Å². The zero-order chi connectivity index (χ0) is 8.27. The Morgan fingerprint density at radius 2 is 2.45 bits per heavy atom. The van der Waals surface area contributed by atoms with E-state index in [1.165, 1.54) is 13.3 Å². The number of carbonyl (C=O) groups excluding carboxylic acids is 1. The van der Waals surface area contributed by atoms with Gasteiger partial charge in [-0.15, -0.1) is 0 Å². The minimum Gasteiger partial charge on any atom is -0.480 e. The van der Waals surface area contributed by atoms with E-state index in [1.54, 1.807) is 12.1 Å². The van der Waals surface area contributed by atoms with Crippen molar-refractivity contribution in [1.29, 1.82) is 0 Å². The molecule has 0 N–H and O–H groups in total. The number of ether oxygens (including phenoxy) is 1. The fourth-order valence-corrected chi connectivity index (χ4v) is 0.847.